The molecule has 1 aromatic carbocycles. The molecule has 0 spiro atoms. The molecule has 0 aromatic heterocycles. The van der Waals surface area contributed by atoms with Crippen LogP contribution in [0.15, 0.2) is 30.3 Å². The van der Waals surface area contributed by atoms with Crippen LogP contribution in [0.5, 0.6) is 0 Å². The summed E-state index contributed by atoms with van der Waals surface area (Å²) in [6, 6.07) is 8.70. The van der Waals surface area contributed by atoms with E-state index < -0.39 is 12.0 Å². The molecular weight excluding hydrogens is 280 g/mol. The van der Waals surface area contributed by atoms with Crippen LogP contribution in [-0.2, 0) is 4.79 Å². The SMILES string of the molecule is NCCCNCCN(CCCN)C(C(=O)O)c1ccccc1. The summed E-state index contributed by atoms with van der Waals surface area (Å²) in [5.41, 5.74) is 11.8. The van der Waals surface area contributed by atoms with Crippen LogP contribution in [0.2, 0.25) is 0 Å². The van der Waals surface area contributed by atoms with Crippen LogP contribution >= 0.6 is 0 Å². The van der Waals surface area contributed by atoms with Crippen LogP contribution in [-0.4, -0.2) is 55.2 Å². The first-order valence-electron chi connectivity index (χ1n) is 7.83. The molecule has 0 aliphatic rings. The van der Waals surface area contributed by atoms with Gasteiger partial charge < -0.3 is 21.9 Å². The molecule has 0 saturated heterocycles. The first-order chi connectivity index (χ1) is 10.7. The Balaban J connectivity index is 2.70. The molecule has 1 unspecified atom stereocenters. The third-order valence-electron chi connectivity index (χ3n) is 3.50. The Morgan fingerprint density at radius 2 is 1.77 bits per heavy atom. The first-order valence-corrected chi connectivity index (χ1v) is 7.83. The van der Waals surface area contributed by atoms with Crippen molar-refractivity contribution in [2.45, 2.75) is 18.9 Å². The number of carbonyl (C=O) groups is 1. The van der Waals surface area contributed by atoms with Gasteiger partial charge in [0.2, 0.25) is 0 Å². The highest BCUT2D eigenvalue weighted by Gasteiger charge is 2.26. The van der Waals surface area contributed by atoms with Crippen LogP contribution < -0.4 is 16.8 Å². The molecular formula is C16H28N4O2. The Morgan fingerprint density at radius 3 is 2.36 bits per heavy atom. The molecule has 6 N–H and O–H groups in total. The number of nitrogens with two attached hydrogens (primary N) is 2. The van der Waals surface area contributed by atoms with E-state index in [1.54, 1.807) is 0 Å². The number of carboxylic acid groups (broad SMARTS) is 1. The van der Waals surface area contributed by atoms with Crippen molar-refractivity contribution in [3.05, 3.63) is 35.9 Å². The van der Waals surface area contributed by atoms with E-state index in [1.807, 2.05) is 35.2 Å². The van der Waals surface area contributed by atoms with Gasteiger partial charge in [0.1, 0.15) is 6.04 Å². The molecule has 0 amide bonds. The van der Waals surface area contributed by atoms with Gasteiger partial charge in [-0.25, -0.2) is 0 Å². The Labute approximate surface area is 132 Å². The third-order valence-corrected chi connectivity index (χ3v) is 3.50. The van der Waals surface area contributed by atoms with E-state index in [9.17, 15) is 9.90 Å². The molecule has 22 heavy (non-hydrogen) atoms. The number of carboxylic acids is 1. The second-order valence-corrected chi connectivity index (χ2v) is 5.22. The van der Waals surface area contributed by atoms with E-state index in [0.717, 1.165) is 31.5 Å². The fraction of sp³-hybridized carbons (Fsp3) is 0.562. The zero-order valence-electron chi connectivity index (χ0n) is 13.1. The molecule has 0 heterocycles. The van der Waals surface area contributed by atoms with Crippen LogP contribution in [0.4, 0.5) is 0 Å². The molecule has 0 aliphatic carbocycles. The van der Waals surface area contributed by atoms with Crippen molar-refractivity contribution in [2.75, 3.05) is 39.3 Å². The largest absolute Gasteiger partial charge is 0.480 e. The van der Waals surface area contributed by atoms with Gasteiger partial charge in [-0.05, 0) is 38.0 Å². The standard InChI is InChI=1S/C16H28N4O2/c17-8-4-10-19-11-13-20(12-5-9-18)15(16(21)22)14-6-2-1-3-7-14/h1-3,6-7,15,19H,4-5,8-13,17-18H2,(H,21,22). The summed E-state index contributed by atoms with van der Waals surface area (Å²) in [6.45, 7) is 4.13. The first kappa shape index (κ1) is 18.6. The van der Waals surface area contributed by atoms with Crippen molar-refractivity contribution >= 4 is 5.97 Å². The predicted octanol–water partition coefficient (Wildman–Crippen LogP) is 0.402. The minimum absolute atomic E-state index is 0.554. The zero-order valence-corrected chi connectivity index (χ0v) is 13.1. The van der Waals surface area contributed by atoms with Crippen LogP contribution in [0.25, 0.3) is 0 Å². The maximum absolute atomic E-state index is 11.7. The quantitative estimate of drug-likeness (QED) is 0.417. The molecule has 6 heteroatoms. The van der Waals surface area contributed by atoms with E-state index in [-0.39, 0.29) is 0 Å². The summed E-state index contributed by atoms with van der Waals surface area (Å²) in [5, 5.41) is 12.9. The van der Waals surface area contributed by atoms with Crippen molar-refractivity contribution in [3.63, 3.8) is 0 Å². The Hall–Kier alpha value is -1.47. The monoisotopic (exact) mass is 308 g/mol. The summed E-state index contributed by atoms with van der Waals surface area (Å²) in [7, 11) is 0. The van der Waals surface area contributed by atoms with Crippen molar-refractivity contribution in [2.24, 2.45) is 11.5 Å². The third kappa shape index (κ3) is 6.53. The van der Waals surface area contributed by atoms with Gasteiger partial charge >= 0.3 is 5.97 Å². The van der Waals surface area contributed by atoms with E-state index >= 15 is 0 Å². The number of benzene rings is 1. The lowest BCUT2D eigenvalue weighted by atomic mass is 10.0. The minimum atomic E-state index is -0.829. The molecule has 1 rings (SSSR count). The summed E-state index contributed by atoms with van der Waals surface area (Å²) >= 11 is 0. The number of rotatable bonds is 12. The normalized spacial score (nSPS) is 12.5. The Bertz CT molecular complexity index is 414. The predicted molar refractivity (Wildman–Crippen MR) is 88.6 cm³/mol. The topological polar surface area (TPSA) is 105 Å². The molecule has 0 saturated carbocycles. The van der Waals surface area contributed by atoms with Crippen LogP contribution in [0, 0.1) is 0 Å². The second kappa shape index (κ2) is 11.1. The fourth-order valence-corrected chi connectivity index (χ4v) is 2.38. The van der Waals surface area contributed by atoms with Crippen molar-refractivity contribution in [1.82, 2.24) is 10.2 Å². The van der Waals surface area contributed by atoms with Crippen LogP contribution in [0.3, 0.4) is 0 Å². The van der Waals surface area contributed by atoms with Crippen molar-refractivity contribution < 1.29 is 9.90 Å². The number of hydrogen-bond acceptors (Lipinski definition) is 5. The highest BCUT2D eigenvalue weighted by molar-refractivity contribution is 5.75. The number of hydrogen-bond donors (Lipinski definition) is 4. The molecule has 0 bridgehead atoms. The molecule has 0 aliphatic heterocycles. The van der Waals surface area contributed by atoms with Gasteiger partial charge in [-0.15, -0.1) is 0 Å². The van der Waals surface area contributed by atoms with Crippen LogP contribution in [0.1, 0.15) is 24.4 Å². The summed E-state index contributed by atoms with van der Waals surface area (Å²) in [5.74, 6) is -0.829. The fourth-order valence-electron chi connectivity index (χ4n) is 2.38. The molecule has 1 aromatic rings. The Morgan fingerprint density at radius 1 is 1.09 bits per heavy atom. The lowest BCUT2D eigenvalue weighted by molar-refractivity contribution is -0.143. The van der Waals surface area contributed by atoms with E-state index in [1.165, 1.54) is 0 Å². The average Bonchev–Trinajstić information content (AvgIpc) is 2.52. The lowest BCUT2D eigenvalue weighted by Gasteiger charge is -2.29. The van der Waals surface area contributed by atoms with Crippen molar-refractivity contribution in [3.8, 4) is 0 Å². The van der Waals surface area contributed by atoms with Gasteiger partial charge in [0.25, 0.3) is 0 Å². The van der Waals surface area contributed by atoms with E-state index in [4.69, 9.17) is 11.5 Å². The van der Waals surface area contributed by atoms with Crippen molar-refractivity contribution in [1.29, 1.82) is 0 Å². The summed E-state index contributed by atoms with van der Waals surface area (Å²) in [6.07, 6.45) is 1.70. The molecule has 124 valence electrons. The zero-order chi connectivity index (χ0) is 16.2. The summed E-state index contributed by atoms with van der Waals surface area (Å²) in [4.78, 5) is 13.7. The maximum Gasteiger partial charge on any atom is 0.325 e. The molecule has 0 radical (unpaired) electrons. The van der Waals surface area contributed by atoms with Gasteiger partial charge in [-0.2, -0.15) is 0 Å². The highest BCUT2D eigenvalue weighted by Crippen LogP contribution is 2.20. The van der Waals surface area contributed by atoms with Gasteiger partial charge in [-0.1, -0.05) is 30.3 Å². The highest BCUT2D eigenvalue weighted by atomic mass is 16.4. The van der Waals surface area contributed by atoms with Gasteiger partial charge in [0, 0.05) is 19.6 Å². The molecule has 6 nitrogen and oxygen atoms in total. The second-order valence-electron chi connectivity index (χ2n) is 5.22. The lowest BCUT2D eigenvalue weighted by Crippen LogP contribution is -2.40. The average molecular weight is 308 g/mol. The van der Waals surface area contributed by atoms with E-state index in [2.05, 4.69) is 5.32 Å². The Kier molecular flexibility index (Phi) is 9.41. The summed E-state index contributed by atoms with van der Waals surface area (Å²) < 4.78 is 0. The number of nitrogens with one attached hydrogen (secondary N) is 1. The van der Waals surface area contributed by atoms with Gasteiger partial charge in [0.15, 0.2) is 0 Å². The maximum atomic E-state index is 11.7. The smallest absolute Gasteiger partial charge is 0.325 e. The number of nitrogens with zero attached hydrogens (tertiary/aromatic N) is 1. The molecule has 1 atom stereocenters. The minimum Gasteiger partial charge on any atom is -0.480 e. The number of aliphatic carboxylic acids is 1. The van der Waals surface area contributed by atoms with E-state index in [0.29, 0.717) is 26.2 Å². The van der Waals surface area contributed by atoms with Gasteiger partial charge in [-0.3, -0.25) is 9.69 Å². The molecule has 0 fully saturated rings. The van der Waals surface area contributed by atoms with Gasteiger partial charge in [0.05, 0.1) is 0 Å².